The molecule has 0 saturated heterocycles. The van der Waals surface area contributed by atoms with Gasteiger partial charge in [-0.1, -0.05) is 42.5 Å². The van der Waals surface area contributed by atoms with Crippen molar-refractivity contribution in [2.24, 2.45) is 0 Å². The minimum absolute atomic E-state index is 0.0189. The van der Waals surface area contributed by atoms with Crippen molar-refractivity contribution in [3.8, 4) is 0 Å². The zero-order valence-corrected chi connectivity index (χ0v) is 14.9. The first-order chi connectivity index (χ1) is 13.2. The molecule has 134 valence electrons. The highest BCUT2D eigenvalue weighted by atomic mass is 16.2. The Morgan fingerprint density at radius 1 is 0.741 bits per heavy atom. The number of nitrogens with zero attached hydrogens (tertiary/aromatic N) is 1. The second-order valence-electron chi connectivity index (χ2n) is 6.64. The first-order valence-electron chi connectivity index (χ1n) is 9.03. The molecule has 1 N–H and O–H groups in total. The minimum atomic E-state index is -0.165. The van der Waals surface area contributed by atoms with Crippen LogP contribution in [0, 0.1) is 0 Å². The fraction of sp³-hybridized carbons (Fsp3) is 0.130. The molecular weight excluding hydrogens is 336 g/mol. The highest BCUT2D eigenvalue weighted by Gasteiger charge is 2.21. The largest absolute Gasteiger partial charge is 0.334 e. The Morgan fingerprint density at radius 3 is 2.15 bits per heavy atom. The van der Waals surface area contributed by atoms with Crippen LogP contribution in [0.1, 0.15) is 31.8 Å². The zero-order valence-electron chi connectivity index (χ0n) is 14.9. The van der Waals surface area contributed by atoms with E-state index in [2.05, 4.69) is 17.4 Å². The second kappa shape index (κ2) is 7.46. The molecule has 27 heavy (non-hydrogen) atoms. The van der Waals surface area contributed by atoms with Gasteiger partial charge in [-0.3, -0.25) is 9.59 Å². The lowest BCUT2D eigenvalue weighted by molar-refractivity contribution is 0.0734. The standard InChI is InChI=1S/C23H20N2O2/c26-22(18-7-2-1-3-8-18)24-21-12-10-19(11-13-21)23(27)25-15-14-17-6-4-5-9-20(17)16-25/h1-13H,14-16H2,(H,24,26). The third kappa shape index (κ3) is 3.75. The maximum atomic E-state index is 12.8. The van der Waals surface area contributed by atoms with Gasteiger partial charge in [-0.2, -0.15) is 0 Å². The quantitative estimate of drug-likeness (QED) is 0.767. The summed E-state index contributed by atoms with van der Waals surface area (Å²) in [7, 11) is 0. The first kappa shape index (κ1) is 17.0. The number of rotatable bonds is 3. The summed E-state index contributed by atoms with van der Waals surface area (Å²) in [5.74, 6) is -0.146. The highest BCUT2D eigenvalue weighted by Crippen LogP contribution is 2.21. The third-order valence-corrected chi connectivity index (χ3v) is 4.84. The maximum absolute atomic E-state index is 12.8. The molecule has 0 fully saturated rings. The number of hydrogen-bond donors (Lipinski definition) is 1. The van der Waals surface area contributed by atoms with Gasteiger partial charge in [0.05, 0.1) is 0 Å². The van der Waals surface area contributed by atoms with Crippen LogP contribution in [-0.2, 0) is 13.0 Å². The Labute approximate surface area is 158 Å². The number of amides is 2. The molecule has 0 bridgehead atoms. The normalized spacial score (nSPS) is 13.0. The van der Waals surface area contributed by atoms with Gasteiger partial charge >= 0.3 is 0 Å². The van der Waals surface area contributed by atoms with E-state index in [0.29, 0.717) is 23.4 Å². The molecule has 2 amide bonds. The number of nitrogens with one attached hydrogen (secondary N) is 1. The van der Waals surface area contributed by atoms with Gasteiger partial charge in [0.2, 0.25) is 0 Å². The average Bonchev–Trinajstić information content (AvgIpc) is 2.74. The molecule has 3 aromatic rings. The van der Waals surface area contributed by atoms with Crippen LogP contribution < -0.4 is 5.32 Å². The molecule has 0 aromatic heterocycles. The molecule has 4 nitrogen and oxygen atoms in total. The van der Waals surface area contributed by atoms with E-state index >= 15 is 0 Å². The predicted octanol–water partition coefficient (Wildman–Crippen LogP) is 4.14. The van der Waals surface area contributed by atoms with E-state index in [9.17, 15) is 9.59 Å². The molecule has 0 saturated carbocycles. The van der Waals surface area contributed by atoms with Crippen molar-refractivity contribution in [1.82, 2.24) is 4.90 Å². The Hall–Kier alpha value is -3.40. The van der Waals surface area contributed by atoms with Crippen LogP contribution >= 0.6 is 0 Å². The van der Waals surface area contributed by atoms with E-state index in [4.69, 9.17) is 0 Å². The Kier molecular flexibility index (Phi) is 4.71. The van der Waals surface area contributed by atoms with Gasteiger partial charge < -0.3 is 10.2 Å². The minimum Gasteiger partial charge on any atom is -0.334 e. The summed E-state index contributed by atoms with van der Waals surface area (Å²) in [5.41, 5.74) is 4.44. The lowest BCUT2D eigenvalue weighted by atomic mass is 9.99. The number of carbonyl (C=O) groups is 2. The van der Waals surface area contributed by atoms with Crippen LogP contribution in [0.3, 0.4) is 0 Å². The average molecular weight is 356 g/mol. The lowest BCUT2D eigenvalue weighted by Gasteiger charge is -2.29. The van der Waals surface area contributed by atoms with Crippen LogP contribution in [0.5, 0.6) is 0 Å². The van der Waals surface area contributed by atoms with Crippen molar-refractivity contribution in [2.45, 2.75) is 13.0 Å². The van der Waals surface area contributed by atoms with Gasteiger partial charge in [0, 0.05) is 29.9 Å². The van der Waals surface area contributed by atoms with Gasteiger partial charge in [0.1, 0.15) is 0 Å². The summed E-state index contributed by atoms with van der Waals surface area (Å²) in [6.45, 7) is 1.36. The zero-order chi connectivity index (χ0) is 18.6. The molecule has 4 heteroatoms. The number of benzene rings is 3. The van der Waals surface area contributed by atoms with Gasteiger partial charge in [-0.05, 0) is 53.9 Å². The van der Waals surface area contributed by atoms with E-state index in [0.717, 1.165) is 13.0 Å². The molecule has 4 rings (SSSR count). The summed E-state index contributed by atoms with van der Waals surface area (Å²) in [5, 5.41) is 2.85. The Morgan fingerprint density at radius 2 is 1.41 bits per heavy atom. The van der Waals surface area contributed by atoms with Crippen molar-refractivity contribution in [1.29, 1.82) is 0 Å². The van der Waals surface area contributed by atoms with Crippen molar-refractivity contribution >= 4 is 17.5 Å². The van der Waals surface area contributed by atoms with E-state index in [1.54, 1.807) is 36.4 Å². The molecular formula is C23H20N2O2. The SMILES string of the molecule is O=C(Nc1ccc(C(=O)N2CCc3ccccc3C2)cc1)c1ccccc1. The topological polar surface area (TPSA) is 49.4 Å². The summed E-state index contributed by atoms with van der Waals surface area (Å²) >= 11 is 0. The fourth-order valence-corrected chi connectivity index (χ4v) is 3.34. The van der Waals surface area contributed by atoms with Crippen LogP contribution in [0.4, 0.5) is 5.69 Å². The predicted molar refractivity (Wildman–Crippen MR) is 106 cm³/mol. The molecule has 1 aliphatic rings. The molecule has 1 aliphatic heterocycles. The molecule has 0 radical (unpaired) electrons. The van der Waals surface area contributed by atoms with E-state index in [-0.39, 0.29) is 11.8 Å². The second-order valence-corrected chi connectivity index (χ2v) is 6.64. The maximum Gasteiger partial charge on any atom is 0.255 e. The Balaban J connectivity index is 1.43. The molecule has 0 aliphatic carbocycles. The van der Waals surface area contributed by atoms with E-state index < -0.39 is 0 Å². The van der Waals surface area contributed by atoms with Gasteiger partial charge in [0.25, 0.3) is 11.8 Å². The molecule has 1 heterocycles. The Bertz CT molecular complexity index is 965. The smallest absolute Gasteiger partial charge is 0.255 e. The molecule has 3 aromatic carbocycles. The highest BCUT2D eigenvalue weighted by molar-refractivity contribution is 6.04. The van der Waals surface area contributed by atoms with Gasteiger partial charge in [-0.15, -0.1) is 0 Å². The van der Waals surface area contributed by atoms with Crippen LogP contribution in [0.25, 0.3) is 0 Å². The monoisotopic (exact) mass is 356 g/mol. The summed E-state index contributed by atoms with van der Waals surface area (Å²) in [4.78, 5) is 26.9. The molecule has 0 spiro atoms. The summed E-state index contributed by atoms with van der Waals surface area (Å²) < 4.78 is 0. The molecule has 0 unspecified atom stereocenters. The van der Waals surface area contributed by atoms with Crippen molar-refractivity contribution in [3.63, 3.8) is 0 Å². The first-order valence-corrected chi connectivity index (χ1v) is 9.03. The number of carbonyl (C=O) groups excluding carboxylic acids is 2. The molecule has 0 atom stereocenters. The number of hydrogen-bond acceptors (Lipinski definition) is 2. The van der Waals surface area contributed by atoms with Crippen LogP contribution in [-0.4, -0.2) is 23.3 Å². The van der Waals surface area contributed by atoms with E-state index in [1.807, 2.05) is 35.2 Å². The van der Waals surface area contributed by atoms with E-state index in [1.165, 1.54) is 11.1 Å². The lowest BCUT2D eigenvalue weighted by Crippen LogP contribution is -2.35. The van der Waals surface area contributed by atoms with Crippen molar-refractivity contribution < 1.29 is 9.59 Å². The third-order valence-electron chi connectivity index (χ3n) is 4.84. The number of fused-ring (bicyclic) bond motifs is 1. The number of anilines is 1. The van der Waals surface area contributed by atoms with Crippen molar-refractivity contribution in [2.75, 3.05) is 11.9 Å². The van der Waals surface area contributed by atoms with Gasteiger partial charge in [-0.25, -0.2) is 0 Å². The summed E-state index contributed by atoms with van der Waals surface area (Å²) in [6, 6.07) is 24.4. The van der Waals surface area contributed by atoms with Crippen molar-refractivity contribution in [3.05, 3.63) is 101 Å². The van der Waals surface area contributed by atoms with Gasteiger partial charge in [0.15, 0.2) is 0 Å². The summed E-state index contributed by atoms with van der Waals surface area (Å²) in [6.07, 6.45) is 0.882. The van der Waals surface area contributed by atoms with Crippen LogP contribution in [0.15, 0.2) is 78.9 Å². The van der Waals surface area contributed by atoms with Crippen LogP contribution in [0.2, 0.25) is 0 Å². The fourth-order valence-electron chi connectivity index (χ4n) is 3.34.